The van der Waals surface area contributed by atoms with Gasteiger partial charge in [0.05, 0.1) is 10.6 Å². The standard InChI is InChI=1S/C17H19ClN4O2/c1-11-9-12(2)21-15(10-11)22-17(24)20-8-7-19-16(23)13-5-3-4-6-14(13)18/h3-6,9-10H,7-8H2,1-2H3,(H,19,23)(H2,20,21,22,24). The molecule has 0 saturated carbocycles. The first-order valence-electron chi connectivity index (χ1n) is 7.48. The second kappa shape index (κ2) is 8.31. The van der Waals surface area contributed by atoms with Crippen LogP contribution in [0.4, 0.5) is 10.6 Å². The van der Waals surface area contributed by atoms with Gasteiger partial charge in [-0.15, -0.1) is 0 Å². The topological polar surface area (TPSA) is 83.1 Å². The number of halogens is 1. The summed E-state index contributed by atoms with van der Waals surface area (Å²) in [4.78, 5) is 28.0. The first kappa shape index (κ1) is 17.7. The van der Waals surface area contributed by atoms with Gasteiger partial charge in [-0.25, -0.2) is 9.78 Å². The van der Waals surface area contributed by atoms with Gasteiger partial charge in [0.2, 0.25) is 0 Å². The van der Waals surface area contributed by atoms with E-state index in [1.807, 2.05) is 19.9 Å². The fourth-order valence-corrected chi connectivity index (χ4v) is 2.38. The van der Waals surface area contributed by atoms with Crippen molar-refractivity contribution >= 4 is 29.4 Å². The van der Waals surface area contributed by atoms with E-state index in [1.165, 1.54) is 0 Å². The molecule has 0 aliphatic rings. The van der Waals surface area contributed by atoms with E-state index in [4.69, 9.17) is 11.6 Å². The lowest BCUT2D eigenvalue weighted by atomic mass is 10.2. The van der Waals surface area contributed by atoms with E-state index in [0.29, 0.717) is 16.4 Å². The van der Waals surface area contributed by atoms with E-state index in [-0.39, 0.29) is 25.0 Å². The van der Waals surface area contributed by atoms with Crippen LogP contribution in [0, 0.1) is 13.8 Å². The summed E-state index contributed by atoms with van der Waals surface area (Å²) in [7, 11) is 0. The summed E-state index contributed by atoms with van der Waals surface area (Å²) in [6.07, 6.45) is 0. The molecule has 1 heterocycles. The first-order valence-corrected chi connectivity index (χ1v) is 7.86. The Hall–Kier alpha value is -2.60. The Morgan fingerprint density at radius 1 is 1.08 bits per heavy atom. The Kier molecular flexibility index (Phi) is 6.14. The maximum absolute atomic E-state index is 11.9. The monoisotopic (exact) mass is 346 g/mol. The average Bonchev–Trinajstić information content (AvgIpc) is 2.50. The molecule has 1 aromatic heterocycles. The van der Waals surface area contributed by atoms with Gasteiger partial charge in [-0.05, 0) is 43.7 Å². The fraction of sp³-hybridized carbons (Fsp3) is 0.235. The third kappa shape index (κ3) is 5.24. The number of nitrogens with zero attached hydrogens (tertiary/aromatic N) is 1. The van der Waals surface area contributed by atoms with Crippen LogP contribution >= 0.6 is 11.6 Å². The van der Waals surface area contributed by atoms with Gasteiger partial charge in [0, 0.05) is 18.8 Å². The number of hydrogen-bond acceptors (Lipinski definition) is 3. The number of nitrogens with one attached hydrogen (secondary N) is 3. The summed E-state index contributed by atoms with van der Waals surface area (Å²) in [5, 5.41) is 8.40. The Morgan fingerprint density at radius 3 is 2.50 bits per heavy atom. The van der Waals surface area contributed by atoms with Crippen LogP contribution in [0.3, 0.4) is 0 Å². The van der Waals surface area contributed by atoms with Gasteiger partial charge in [0.25, 0.3) is 5.91 Å². The Balaban J connectivity index is 1.75. The minimum absolute atomic E-state index is 0.279. The van der Waals surface area contributed by atoms with Gasteiger partial charge in [0.15, 0.2) is 0 Å². The van der Waals surface area contributed by atoms with Crippen LogP contribution in [-0.2, 0) is 0 Å². The van der Waals surface area contributed by atoms with Crippen LogP contribution in [0.1, 0.15) is 21.6 Å². The van der Waals surface area contributed by atoms with Crippen LogP contribution in [-0.4, -0.2) is 30.0 Å². The predicted molar refractivity (Wildman–Crippen MR) is 94.5 cm³/mol. The SMILES string of the molecule is Cc1cc(C)nc(NC(=O)NCCNC(=O)c2ccccc2Cl)c1. The molecule has 0 atom stereocenters. The third-order valence-electron chi connectivity index (χ3n) is 3.15. The lowest BCUT2D eigenvalue weighted by Crippen LogP contribution is -2.37. The molecule has 1 aromatic carbocycles. The van der Waals surface area contributed by atoms with Crippen LogP contribution in [0.2, 0.25) is 5.02 Å². The second-order valence-corrected chi connectivity index (χ2v) is 5.69. The second-order valence-electron chi connectivity index (χ2n) is 5.29. The number of anilines is 1. The molecule has 24 heavy (non-hydrogen) atoms. The molecule has 0 radical (unpaired) electrons. The summed E-state index contributed by atoms with van der Waals surface area (Å²) in [6.45, 7) is 4.37. The maximum atomic E-state index is 11.9. The minimum Gasteiger partial charge on any atom is -0.350 e. The molecule has 0 fully saturated rings. The predicted octanol–water partition coefficient (Wildman–Crippen LogP) is 2.90. The molecule has 2 rings (SSSR count). The number of aromatic nitrogens is 1. The number of pyridine rings is 1. The molecule has 6 nitrogen and oxygen atoms in total. The Morgan fingerprint density at radius 2 is 1.79 bits per heavy atom. The molecule has 7 heteroatoms. The molecule has 3 N–H and O–H groups in total. The molecule has 126 valence electrons. The summed E-state index contributed by atoms with van der Waals surface area (Å²) in [5.74, 6) is 0.212. The number of carbonyl (C=O) groups excluding carboxylic acids is 2. The van der Waals surface area contributed by atoms with Gasteiger partial charge >= 0.3 is 6.03 Å². The van der Waals surface area contributed by atoms with Crippen LogP contribution < -0.4 is 16.0 Å². The molecule has 2 aromatic rings. The largest absolute Gasteiger partial charge is 0.350 e. The Labute approximate surface area is 145 Å². The molecule has 0 aliphatic heterocycles. The van der Waals surface area contributed by atoms with Gasteiger partial charge in [-0.2, -0.15) is 0 Å². The normalized spacial score (nSPS) is 10.1. The molecule has 0 bridgehead atoms. The third-order valence-corrected chi connectivity index (χ3v) is 3.48. The van der Waals surface area contributed by atoms with Gasteiger partial charge in [-0.1, -0.05) is 23.7 Å². The highest BCUT2D eigenvalue weighted by atomic mass is 35.5. The zero-order valence-electron chi connectivity index (χ0n) is 13.5. The van der Waals surface area contributed by atoms with Crippen molar-refractivity contribution in [1.82, 2.24) is 15.6 Å². The average molecular weight is 347 g/mol. The van der Waals surface area contributed by atoms with Crippen molar-refractivity contribution in [2.45, 2.75) is 13.8 Å². The summed E-state index contributed by atoms with van der Waals surface area (Å²) >= 11 is 5.95. The van der Waals surface area contributed by atoms with Gasteiger partial charge in [-0.3, -0.25) is 10.1 Å². The van der Waals surface area contributed by atoms with E-state index in [0.717, 1.165) is 11.3 Å². The highest BCUT2D eigenvalue weighted by Crippen LogP contribution is 2.14. The number of hydrogen-bond donors (Lipinski definition) is 3. The lowest BCUT2D eigenvalue weighted by molar-refractivity contribution is 0.0954. The first-order chi connectivity index (χ1) is 11.5. The van der Waals surface area contributed by atoms with Crippen LogP contribution in [0.15, 0.2) is 36.4 Å². The smallest absolute Gasteiger partial charge is 0.320 e. The highest BCUT2D eigenvalue weighted by Gasteiger charge is 2.09. The zero-order valence-corrected chi connectivity index (χ0v) is 14.3. The molecule has 0 aliphatic carbocycles. The molecule has 0 spiro atoms. The molecule has 0 saturated heterocycles. The lowest BCUT2D eigenvalue weighted by Gasteiger charge is -2.09. The fourth-order valence-electron chi connectivity index (χ4n) is 2.16. The van der Waals surface area contributed by atoms with E-state index in [9.17, 15) is 9.59 Å². The van der Waals surface area contributed by atoms with Gasteiger partial charge in [0.1, 0.15) is 5.82 Å². The Bertz CT molecular complexity index is 729. The number of amides is 3. The number of carbonyl (C=O) groups is 2. The number of urea groups is 1. The quantitative estimate of drug-likeness (QED) is 0.728. The van der Waals surface area contributed by atoms with E-state index < -0.39 is 0 Å². The summed E-state index contributed by atoms with van der Waals surface area (Å²) < 4.78 is 0. The van der Waals surface area contributed by atoms with E-state index >= 15 is 0 Å². The van der Waals surface area contributed by atoms with Gasteiger partial charge < -0.3 is 10.6 Å². The molecule has 0 unspecified atom stereocenters. The summed E-state index contributed by atoms with van der Waals surface area (Å²) in [5.41, 5.74) is 2.25. The molecular weight excluding hydrogens is 328 g/mol. The molecular formula is C17H19ClN4O2. The van der Waals surface area contributed by atoms with Crippen molar-refractivity contribution in [2.75, 3.05) is 18.4 Å². The van der Waals surface area contributed by atoms with Crippen LogP contribution in [0.5, 0.6) is 0 Å². The summed E-state index contributed by atoms with van der Waals surface area (Å²) in [6, 6.07) is 10.1. The minimum atomic E-state index is -0.375. The highest BCUT2D eigenvalue weighted by molar-refractivity contribution is 6.33. The number of rotatable bonds is 5. The van der Waals surface area contributed by atoms with Crippen molar-refractivity contribution in [3.8, 4) is 0 Å². The van der Waals surface area contributed by atoms with Crippen molar-refractivity contribution < 1.29 is 9.59 Å². The van der Waals surface area contributed by atoms with Crippen molar-refractivity contribution in [3.05, 3.63) is 58.2 Å². The number of benzene rings is 1. The molecule has 3 amide bonds. The van der Waals surface area contributed by atoms with Crippen molar-refractivity contribution in [2.24, 2.45) is 0 Å². The zero-order chi connectivity index (χ0) is 17.5. The number of aryl methyl sites for hydroxylation is 2. The van der Waals surface area contributed by atoms with E-state index in [1.54, 1.807) is 30.3 Å². The van der Waals surface area contributed by atoms with Crippen LogP contribution in [0.25, 0.3) is 0 Å². The van der Waals surface area contributed by atoms with E-state index in [2.05, 4.69) is 20.9 Å². The maximum Gasteiger partial charge on any atom is 0.320 e. The van der Waals surface area contributed by atoms with Crippen molar-refractivity contribution in [1.29, 1.82) is 0 Å². The van der Waals surface area contributed by atoms with Crippen molar-refractivity contribution in [3.63, 3.8) is 0 Å².